The number of benzene rings is 1. The Kier molecular flexibility index (Phi) is 3.52. The van der Waals surface area contributed by atoms with Gasteiger partial charge >= 0.3 is 0 Å². The molecule has 27 heavy (non-hydrogen) atoms. The largest absolute Gasteiger partial charge is 0.508 e. The number of aromatic nitrogens is 4. The van der Waals surface area contributed by atoms with Gasteiger partial charge in [-0.15, -0.1) is 0 Å². The molecule has 8 nitrogen and oxygen atoms in total. The molecule has 5 N–H and O–H groups in total. The van der Waals surface area contributed by atoms with Gasteiger partial charge in [-0.2, -0.15) is 0 Å². The monoisotopic (exact) mass is 362 g/mol. The third kappa shape index (κ3) is 2.30. The van der Waals surface area contributed by atoms with Gasteiger partial charge in [-0.3, -0.25) is 9.36 Å². The maximum absolute atomic E-state index is 12.1. The van der Waals surface area contributed by atoms with Crippen molar-refractivity contribution in [2.75, 3.05) is 5.73 Å². The van der Waals surface area contributed by atoms with Crippen LogP contribution in [-0.4, -0.2) is 30.5 Å². The highest BCUT2D eigenvalue weighted by molar-refractivity contribution is 6.10. The fourth-order valence-corrected chi connectivity index (χ4v) is 3.38. The number of pyridine rings is 1. The van der Waals surface area contributed by atoms with Gasteiger partial charge < -0.3 is 16.6 Å². The van der Waals surface area contributed by atoms with E-state index in [2.05, 4.69) is 15.0 Å². The number of aromatic hydroxyl groups is 1. The lowest BCUT2D eigenvalue weighted by molar-refractivity contribution is 0.100. The summed E-state index contributed by atoms with van der Waals surface area (Å²) in [4.78, 5) is 25.6. The third-order valence-corrected chi connectivity index (χ3v) is 4.77. The minimum absolute atomic E-state index is 0.102. The predicted octanol–water partition coefficient (Wildman–Crippen LogP) is 2.28. The summed E-state index contributed by atoms with van der Waals surface area (Å²) in [6, 6.07) is 5.19. The van der Waals surface area contributed by atoms with Crippen molar-refractivity contribution in [3.8, 4) is 11.4 Å². The number of primary amides is 1. The third-order valence-electron chi connectivity index (χ3n) is 4.77. The molecule has 0 bridgehead atoms. The highest BCUT2D eigenvalue weighted by atomic mass is 16.3. The molecule has 4 rings (SSSR count). The summed E-state index contributed by atoms with van der Waals surface area (Å²) in [5.41, 5.74) is 16.7. The predicted molar refractivity (Wildman–Crippen MR) is 103 cm³/mol. The molecule has 0 aliphatic heterocycles. The Bertz CT molecular complexity index is 1260. The van der Waals surface area contributed by atoms with E-state index in [4.69, 9.17) is 11.5 Å². The molecule has 3 aromatic heterocycles. The average molecular weight is 362 g/mol. The second-order valence-electron chi connectivity index (χ2n) is 6.53. The van der Waals surface area contributed by atoms with Crippen molar-refractivity contribution in [3.05, 3.63) is 46.6 Å². The molecule has 0 radical (unpaired) electrons. The molecule has 0 unspecified atom stereocenters. The molecule has 3 heterocycles. The van der Waals surface area contributed by atoms with E-state index in [9.17, 15) is 9.90 Å². The topological polar surface area (TPSA) is 133 Å². The number of aryl methyl sites for hydroxylation is 2. The van der Waals surface area contributed by atoms with Gasteiger partial charge in [0.1, 0.15) is 28.2 Å². The summed E-state index contributed by atoms with van der Waals surface area (Å²) in [7, 11) is 0. The van der Waals surface area contributed by atoms with Crippen LogP contribution in [0.3, 0.4) is 0 Å². The van der Waals surface area contributed by atoms with Crippen molar-refractivity contribution >= 4 is 34.1 Å². The van der Waals surface area contributed by atoms with Gasteiger partial charge in [0.2, 0.25) is 0 Å². The molecule has 1 amide bonds. The minimum atomic E-state index is -0.693. The first-order chi connectivity index (χ1) is 12.8. The van der Waals surface area contributed by atoms with Gasteiger partial charge in [-0.1, -0.05) is 6.07 Å². The molecule has 0 saturated heterocycles. The average Bonchev–Trinajstić information content (AvgIpc) is 2.89. The lowest BCUT2D eigenvalue weighted by atomic mass is 10.1. The van der Waals surface area contributed by atoms with Crippen LogP contribution in [0, 0.1) is 20.8 Å². The van der Waals surface area contributed by atoms with Crippen LogP contribution >= 0.6 is 0 Å². The van der Waals surface area contributed by atoms with Crippen LogP contribution in [-0.2, 0) is 0 Å². The Hall–Kier alpha value is -3.68. The quantitative estimate of drug-likeness (QED) is 0.501. The lowest BCUT2D eigenvalue weighted by Crippen LogP contribution is -2.14. The molecule has 0 fully saturated rings. The Labute approximate surface area is 154 Å². The molecular formula is C19H18N6O2. The first-order valence-electron chi connectivity index (χ1n) is 8.33. The van der Waals surface area contributed by atoms with Crippen molar-refractivity contribution in [1.29, 1.82) is 0 Å². The van der Waals surface area contributed by atoms with Crippen LogP contribution in [0.25, 0.3) is 28.0 Å². The van der Waals surface area contributed by atoms with Crippen LogP contribution in [0.15, 0.2) is 24.4 Å². The molecule has 0 atom stereocenters. The number of amides is 1. The van der Waals surface area contributed by atoms with Crippen LogP contribution < -0.4 is 11.5 Å². The number of carbonyl (C=O) groups is 1. The number of nitrogens with zero attached hydrogens (tertiary/aromatic N) is 4. The standard InChI is InChI=1S/C19H18N6O2/c1-8-6-7-22-18-13(8)23-14-12(17(21)27)16(20)25(19(14)24-18)15-9(2)4-5-11(26)10(15)3/h4-7,26H,20H2,1-3H3,(H2,21,27). The molecule has 8 heteroatoms. The van der Waals surface area contributed by atoms with Crippen LogP contribution in [0.2, 0.25) is 0 Å². The van der Waals surface area contributed by atoms with Gasteiger partial charge in [0, 0.05) is 11.8 Å². The van der Waals surface area contributed by atoms with Crippen LogP contribution in [0.4, 0.5) is 5.82 Å². The van der Waals surface area contributed by atoms with Crippen LogP contribution in [0.1, 0.15) is 27.0 Å². The van der Waals surface area contributed by atoms with E-state index >= 15 is 0 Å². The van der Waals surface area contributed by atoms with Gasteiger partial charge in [0.25, 0.3) is 5.91 Å². The molecule has 0 spiro atoms. The van der Waals surface area contributed by atoms with Gasteiger partial charge in [0.15, 0.2) is 11.3 Å². The Morgan fingerprint density at radius 1 is 1.07 bits per heavy atom. The summed E-state index contributed by atoms with van der Waals surface area (Å²) in [6.45, 7) is 5.54. The van der Waals surface area contributed by atoms with E-state index in [1.165, 1.54) is 0 Å². The van der Waals surface area contributed by atoms with Gasteiger partial charge in [-0.05, 0) is 44.0 Å². The minimum Gasteiger partial charge on any atom is -0.508 e. The SMILES string of the molecule is Cc1ccc(O)c(C)c1-n1c(N)c(C(N)=O)c2nc3c(C)ccnc3nc21. The van der Waals surface area contributed by atoms with E-state index in [1.54, 1.807) is 29.8 Å². The number of fused-ring (bicyclic) bond motifs is 2. The maximum Gasteiger partial charge on any atom is 0.254 e. The first-order valence-corrected chi connectivity index (χ1v) is 8.33. The summed E-state index contributed by atoms with van der Waals surface area (Å²) in [6.07, 6.45) is 1.65. The molecule has 1 aromatic carbocycles. The molecular weight excluding hydrogens is 344 g/mol. The number of hydrogen-bond donors (Lipinski definition) is 3. The van der Waals surface area contributed by atoms with E-state index in [0.29, 0.717) is 33.6 Å². The first kappa shape index (κ1) is 16.8. The molecule has 0 aliphatic carbocycles. The second kappa shape index (κ2) is 5.66. The van der Waals surface area contributed by atoms with Crippen molar-refractivity contribution < 1.29 is 9.90 Å². The number of phenolic OH excluding ortho intramolecular Hbond substituents is 1. The highest BCUT2D eigenvalue weighted by Gasteiger charge is 2.25. The molecule has 4 aromatic rings. The van der Waals surface area contributed by atoms with E-state index in [0.717, 1.165) is 11.1 Å². The number of nitrogen functional groups attached to an aromatic ring is 1. The zero-order valence-corrected chi connectivity index (χ0v) is 15.1. The lowest BCUT2D eigenvalue weighted by Gasteiger charge is -2.15. The summed E-state index contributed by atoms with van der Waals surface area (Å²) in [5.74, 6) is -0.454. The maximum atomic E-state index is 12.1. The fraction of sp³-hybridized carbons (Fsp3) is 0.158. The highest BCUT2D eigenvalue weighted by Crippen LogP contribution is 2.35. The Morgan fingerprint density at radius 2 is 1.81 bits per heavy atom. The van der Waals surface area contributed by atoms with E-state index in [-0.39, 0.29) is 17.1 Å². The summed E-state index contributed by atoms with van der Waals surface area (Å²) in [5, 5.41) is 10.2. The number of carbonyl (C=O) groups excluding carboxylic acids is 1. The number of nitrogens with two attached hydrogens (primary N) is 2. The zero-order valence-electron chi connectivity index (χ0n) is 15.1. The van der Waals surface area contributed by atoms with Crippen molar-refractivity contribution in [1.82, 2.24) is 19.5 Å². The number of rotatable bonds is 2. The zero-order chi connectivity index (χ0) is 19.5. The Balaban J connectivity index is 2.24. The van der Waals surface area contributed by atoms with E-state index in [1.807, 2.05) is 19.9 Å². The molecule has 0 saturated carbocycles. The number of anilines is 1. The van der Waals surface area contributed by atoms with Crippen molar-refractivity contribution in [3.63, 3.8) is 0 Å². The normalized spacial score (nSPS) is 11.4. The van der Waals surface area contributed by atoms with Gasteiger partial charge in [-0.25, -0.2) is 15.0 Å². The van der Waals surface area contributed by atoms with Gasteiger partial charge in [0.05, 0.1) is 5.69 Å². The number of hydrogen-bond acceptors (Lipinski definition) is 6. The van der Waals surface area contributed by atoms with Crippen molar-refractivity contribution in [2.24, 2.45) is 5.73 Å². The molecule has 0 aliphatic rings. The van der Waals surface area contributed by atoms with Crippen LogP contribution in [0.5, 0.6) is 5.75 Å². The Morgan fingerprint density at radius 3 is 2.52 bits per heavy atom. The summed E-state index contributed by atoms with van der Waals surface area (Å²) >= 11 is 0. The second-order valence-corrected chi connectivity index (χ2v) is 6.53. The van der Waals surface area contributed by atoms with Crippen molar-refractivity contribution in [2.45, 2.75) is 20.8 Å². The fourth-order valence-electron chi connectivity index (χ4n) is 3.38. The summed E-state index contributed by atoms with van der Waals surface area (Å²) < 4.78 is 1.61. The molecule has 136 valence electrons. The number of phenols is 1. The van der Waals surface area contributed by atoms with E-state index < -0.39 is 5.91 Å². The smallest absolute Gasteiger partial charge is 0.254 e.